The molecule has 0 unspecified atom stereocenters. The number of pyridine rings is 2. The molecule has 6 nitrogen and oxygen atoms in total. The molecule has 0 bridgehead atoms. The highest BCUT2D eigenvalue weighted by Gasteiger charge is 2.29. The van der Waals surface area contributed by atoms with E-state index in [4.69, 9.17) is 0 Å². The summed E-state index contributed by atoms with van der Waals surface area (Å²) in [5.41, 5.74) is 2.08. The van der Waals surface area contributed by atoms with Crippen LogP contribution in [-0.4, -0.2) is 21.8 Å². The molecule has 0 saturated heterocycles. The van der Waals surface area contributed by atoms with E-state index in [1.165, 1.54) is 6.07 Å². The normalized spacial score (nSPS) is 12.4. The number of hydrogen-bond acceptors (Lipinski definition) is 4. The van der Waals surface area contributed by atoms with Gasteiger partial charge in [0.2, 0.25) is 5.91 Å². The minimum Gasteiger partial charge on any atom is -0.346 e. The zero-order valence-corrected chi connectivity index (χ0v) is 17.9. The standard InChI is InChI=1S/C13H11FN2O.C13H12N2O/c14-11-6-7-12(15-8-11)9-16-13(17)10-4-2-1-3-5-10;16-13(9-1-2-9)15-12-4-3-11-8-14-6-5-10(11)7-12/h1-8H,9H2,(H,16,17);3-9H,1-2H2,(H,15,16). The van der Waals surface area contributed by atoms with Crippen molar-refractivity contribution in [3.05, 3.63) is 102 Å². The molecule has 5 rings (SSSR count). The van der Waals surface area contributed by atoms with Crippen LogP contribution in [0.1, 0.15) is 28.9 Å². The van der Waals surface area contributed by atoms with E-state index in [0.29, 0.717) is 11.3 Å². The highest BCUT2D eigenvalue weighted by atomic mass is 19.1. The molecule has 0 atom stereocenters. The van der Waals surface area contributed by atoms with E-state index in [1.807, 2.05) is 36.5 Å². The molecule has 1 aliphatic rings. The van der Waals surface area contributed by atoms with Crippen molar-refractivity contribution >= 4 is 28.3 Å². The fourth-order valence-corrected chi connectivity index (χ4v) is 3.12. The summed E-state index contributed by atoms with van der Waals surface area (Å²) in [5.74, 6) is -0.165. The predicted molar refractivity (Wildman–Crippen MR) is 125 cm³/mol. The van der Waals surface area contributed by atoms with Gasteiger partial charge >= 0.3 is 0 Å². The van der Waals surface area contributed by atoms with Gasteiger partial charge in [0.15, 0.2) is 0 Å². The first kappa shape index (κ1) is 22.1. The molecule has 7 heteroatoms. The average Bonchev–Trinajstić information content (AvgIpc) is 3.70. The fraction of sp³-hybridized carbons (Fsp3) is 0.154. The van der Waals surface area contributed by atoms with Gasteiger partial charge in [-0.05, 0) is 60.7 Å². The fourth-order valence-electron chi connectivity index (χ4n) is 3.12. The average molecular weight is 442 g/mol. The van der Waals surface area contributed by atoms with E-state index in [1.54, 1.807) is 36.5 Å². The number of benzene rings is 2. The number of carbonyl (C=O) groups is 2. The van der Waals surface area contributed by atoms with E-state index in [2.05, 4.69) is 20.6 Å². The van der Waals surface area contributed by atoms with Crippen molar-refractivity contribution < 1.29 is 14.0 Å². The van der Waals surface area contributed by atoms with Crippen molar-refractivity contribution in [1.29, 1.82) is 0 Å². The minimum atomic E-state index is -0.386. The van der Waals surface area contributed by atoms with Gasteiger partial charge in [-0.3, -0.25) is 19.6 Å². The molecule has 1 fully saturated rings. The SMILES string of the molecule is O=C(NCc1ccc(F)cn1)c1ccccc1.O=C(Nc1ccc2cnccc2c1)C1CC1. The Bertz CT molecular complexity index is 1240. The maximum absolute atomic E-state index is 12.6. The number of anilines is 1. The minimum absolute atomic E-state index is 0.147. The summed E-state index contributed by atoms with van der Waals surface area (Å²) in [7, 11) is 0. The molecule has 2 amide bonds. The number of nitrogens with one attached hydrogen (secondary N) is 2. The van der Waals surface area contributed by atoms with Crippen molar-refractivity contribution in [3.63, 3.8) is 0 Å². The van der Waals surface area contributed by atoms with Gasteiger partial charge < -0.3 is 10.6 Å². The van der Waals surface area contributed by atoms with E-state index in [9.17, 15) is 14.0 Å². The molecule has 2 heterocycles. The number of carbonyl (C=O) groups excluding carboxylic acids is 2. The smallest absolute Gasteiger partial charge is 0.251 e. The highest BCUT2D eigenvalue weighted by molar-refractivity contribution is 5.96. The molecule has 2 N–H and O–H groups in total. The summed E-state index contributed by atoms with van der Waals surface area (Å²) in [4.78, 5) is 31.2. The molecule has 1 aliphatic carbocycles. The topological polar surface area (TPSA) is 84.0 Å². The Morgan fingerprint density at radius 2 is 1.76 bits per heavy atom. The van der Waals surface area contributed by atoms with Crippen LogP contribution in [0.2, 0.25) is 0 Å². The first-order valence-electron chi connectivity index (χ1n) is 10.7. The molecule has 2 aromatic carbocycles. The third-order valence-electron chi connectivity index (χ3n) is 5.11. The lowest BCUT2D eigenvalue weighted by atomic mass is 10.1. The molecule has 33 heavy (non-hydrogen) atoms. The monoisotopic (exact) mass is 442 g/mol. The number of hydrogen-bond donors (Lipinski definition) is 2. The second-order valence-corrected chi connectivity index (χ2v) is 7.72. The van der Waals surface area contributed by atoms with Crippen LogP contribution in [0.25, 0.3) is 10.8 Å². The zero-order chi connectivity index (χ0) is 23.0. The number of nitrogens with zero attached hydrogens (tertiary/aromatic N) is 2. The molecule has 2 aromatic heterocycles. The third-order valence-corrected chi connectivity index (χ3v) is 5.11. The second-order valence-electron chi connectivity index (χ2n) is 7.72. The lowest BCUT2D eigenvalue weighted by Crippen LogP contribution is -2.23. The number of aromatic nitrogens is 2. The predicted octanol–water partition coefficient (Wildman–Crippen LogP) is 4.73. The summed E-state index contributed by atoms with van der Waals surface area (Å²) >= 11 is 0. The van der Waals surface area contributed by atoms with Crippen molar-refractivity contribution in [1.82, 2.24) is 15.3 Å². The van der Waals surface area contributed by atoms with Crippen LogP contribution >= 0.6 is 0 Å². The Kier molecular flexibility index (Phi) is 6.99. The Morgan fingerprint density at radius 3 is 2.48 bits per heavy atom. The number of amides is 2. The van der Waals surface area contributed by atoms with E-state index in [-0.39, 0.29) is 30.1 Å². The molecular weight excluding hydrogens is 419 g/mol. The van der Waals surface area contributed by atoms with Gasteiger partial charge in [0.05, 0.1) is 18.4 Å². The van der Waals surface area contributed by atoms with Crippen molar-refractivity contribution in [2.75, 3.05) is 5.32 Å². The lowest BCUT2D eigenvalue weighted by Gasteiger charge is -2.05. The van der Waals surface area contributed by atoms with Gasteiger partial charge in [-0.2, -0.15) is 0 Å². The second kappa shape index (κ2) is 10.5. The largest absolute Gasteiger partial charge is 0.346 e. The lowest BCUT2D eigenvalue weighted by molar-refractivity contribution is -0.117. The van der Waals surface area contributed by atoms with Crippen LogP contribution in [0, 0.1) is 11.7 Å². The highest BCUT2D eigenvalue weighted by Crippen LogP contribution is 2.30. The first-order chi connectivity index (χ1) is 16.1. The van der Waals surface area contributed by atoms with Gasteiger partial charge in [0.25, 0.3) is 5.91 Å². The molecule has 166 valence electrons. The number of halogens is 1. The van der Waals surface area contributed by atoms with Crippen LogP contribution in [0.3, 0.4) is 0 Å². The zero-order valence-electron chi connectivity index (χ0n) is 17.9. The van der Waals surface area contributed by atoms with Crippen molar-refractivity contribution in [3.8, 4) is 0 Å². The van der Waals surface area contributed by atoms with E-state index < -0.39 is 0 Å². The van der Waals surface area contributed by atoms with Gasteiger partial charge in [0, 0.05) is 34.9 Å². The van der Waals surface area contributed by atoms with Gasteiger partial charge in [0.1, 0.15) is 5.82 Å². The Balaban J connectivity index is 0.000000157. The van der Waals surface area contributed by atoms with Crippen LogP contribution in [-0.2, 0) is 11.3 Å². The Morgan fingerprint density at radius 1 is 0.939 bits per heavy atom. The summed E-state index contributed by atoms with van der Waals surface area (Å²) < 4.78 is 12.6. The summed E-state index contributed by atoms with van der Waals surface area (Å²) in [6.45, 7) is 0.286. The maximum Gasteiger partial charge on any atom is 0.251 e. The number of rotatable bonds is 5. The maximum atomic E-state index is 12.6. The summed E-state index contributed by atoms with van der Waals surface area (Å²) in [5, 5.41) is 7.84. The Labute approximate surface area is 190 Å². The first-order valence-corrected chi connectivity index (χ1v) is 10.7. The van der Waals surface area contributed by atoms with Gasteiger partial charge in [-0.1, -0.05) is 24.3 Å². The molecule has 1 saturated carbocycles. The van der Waals surface area contributed by atoms with Crippen LogP contribution in [0.4, 0.5) is 10.1 Å². The van der Waals surface area contributed by atoms with Crippen LogP contribution in [0.5, 0.6) is 0 Å². The molecular formula is C26H23FN4O2. The van der Waals surface area contributed by atoms with Gasteiger partial charge in [-0.15, -0.1) is 0 Å². The van der Waals surface area contributed by atoms with Crippen molar-refractivity contribution in [2.45, 2.75) is 19.4 Å². The quantitative estimate of drug-likeness (QED) is 0.468. The molecule has 0 aliphatic heterocycles. The summed E-state index contributed by atoms with van der Waals surface area (Å²) in [6, 6.07) is 19.6. The summed E-state index contributed by atoms with van der Waals surface area (Å²) in [6.07, 6.45) is 6.77. The van der Waals surface area contributed by atoms with E-state index >= 15 is 0 Å². The molecule has 0 radical (unpaired) electrons. The van der Waals surface area contributed by atoms with Crippen LogP contribution in [0.15, 0.2) is 85.3 Å². The van der Waals surface area contributed by atoms with E-state index in [0.717, 1.165) is 35.5 Å². The van der Waals surface area contributed by atoms with Crippen LogP contribution < -0.4 is 10.6 Å². The number of fused-ring (bicyclic) bond motifs is 1. The molecule has 0 spiro atoms. The molecule has 4 aromatic rings. The van der Waals surface area contributed by atoms with Crippen molar-refractivity contribution in [2.24, 2.45) is 5.92 Å². The third kappa shape index (κ3) is 6.43. The van der Waals surface area contributed by atoms with Gasteiger partial charge in [-0.25, -0.2) is 4.39 Å². The Hall–Kier alpha value is -4.13.